The zero-order chi connectivity index (χ0) is 32.1. The third kappa shape index (κ3) is 8.19. The van der Waals surface area contributed by atoms with Gasteiger partial charge in [0.15, 0.2) is 16.4 Å². The van der Waals surface area contributed by atoms with E-state index in [4.69, 9.17) is 12.2 Å². The van der Waals surface area contributed by atoms with Gasteiger partial charge in [-0.3, -0.25) is 15.1 Å². The van der Waals surface area contributed by atoms with E-state index in [1.54, 1.807) is 11.1 Å². The number of benzene rings is 3. The number of aryl methyl sites for hydroxylation is 1. The molecule has 1 atom stereocenters. The zero-order valence-corrected chi connectivity index (χ0v) is 26.2. The zero-order valence-electron chi connectivity index (χ0n) is 24.6. The van der Waals surface area contributed by atoms with Crippen LogP contribution < -0.4 is 20.4 Å². The van der Waals surface area contributed by atoms with E-state index in [9.17, 15) is 18.0 Å². The maximum absolute atomic E-state index is 12.9. The summed E-state index contributed by atoms with van der Waals surface area (Å²) < 4.78 is 42.7. The normalized spacial score (nSPS) is 15.2. The van der Waals surface area contributed by atoms with Crippen molar-refractivity contribution in [2.75, 3.05) is 10.7 Å². The van der Waals surface area contributed by atoms with Gasteiger partial charge in [0.05, 0.1) is 17.1 Å². The van der Waals surface area contributed by atoms with Gasteiger partial charge in [-0.15, -0.1) is 30.0 Å². The molecule has 0 bridgehead atoms. The summed E-state index contributed by atoms with van der Waals surface area (Å²) in [7, 11) is 0. The number of amides is 1. The molecular formula is C31H30F3N7O2S2. The fourth-order valence-corrected chi connectivity index (χ4v) is 5.96. The number of alkyl halides is 3. The Morgan fingerprint density at radius 1 is 1.18 bits per heavy atom. The predicted molar refractivity (Wildman–Crippen MR) is 174 cm³/mol. The number of halogens is 3. The van der Waals surface area contributed by atoms with E-state index >= 15 is 0 Å². The molecule has 45 heavy (non-hydrogen) atoms. The van der Waals surface area contributed by atoms with E-state index in [0.29, 0.717) is 28.8 Å². The number of thioether (sulfide) groups is 1. The van der Waals surface area contributed by atoms with E-state index in [1.165, 1.54) is 47.0 Å². The van der Waals surface area contributed by atoms with Crippen molar-refractivity contribution < 1.29 is 22.7 Å². The topological polar surface area (TPSA) is 96.7 Å². The molecule has 0 radical (unpaired) electrons. The monoisotopic (exact) mass is 653 g/mol. The molecule has 1 aliphatic rings. The molecule has 234 valence electrons. The molecule has 1 unspecified atom stereocenters. The van der Waals surface area contributed by atoms with E-state index in [1.807, 2.05) is 37.3 Å². The number of hydrogen-bond donors (Lipinski definition) is 2. The minimum Gasteiger partial charge on any atom is -0.406 e. The van der Waals surface area contributed by atoms with Crippen molar-refractivity contribution in [1.29, 1.82) is 0 Å². The van der Waals surface area contributed by atoms with Crippen LogP contribution in [0.2, 0.25) is 0 Å². The molecule has 0 aliphatic carbocycles. The van der Waals surface area contributed by atoms with Gasteiger partial charge in [0.1, 0.15) is 12.1 Å². The average Bonchev–Trinajstić information content (AvgIpc) is 3.62. The molecule has 0 spiro atoms. The number of carbonyl (C=O) groups is 1. The van der Waals surface area contributed by atoms with Gasteiger partial charge >= 0.3 is 6.36 Å². The first-order chi connectivity index (χ1) is 21.5. The number of nitrogens with zero attached hydrogens (tertiary/aromatic N) is 5. The summed E-state index contributed by atoms with van der Waals surface area (Å²) in [4.78, 5) is 19.0. The average molecular weight is 654 g/mol. The summed E-state index contributed by atoms with van der Waals surface area (Å²) in [6, 6.07) is 19.1. The Balaban J connectivity index is 1.17. The van der Waals surface area contributed by atoms with Crippen LogP contribution in [0.3, 0.4) is 0 Å². The van der Waals surface area contributed by atoms with Crippen molar-refractivity contribution in [3.63, 3.8) is 0 Å². The third-order valence-electron chi connectivity index (χ3n) is 6.79. The molecule has 1 aromatic heterocycles. The van der Waals surface area contributed by atoms with Gasteiger partial charge in [-0.05, 0) is 78.1 Å². The number of hydrogen-bond acceptors (Lipinski definition) is 7. The number of rotatable bonds is 9. The number of thiocarbonyl (C=S) groups is 1. The SMILES string of the molecule is Cc1ccc(C(C)C)c(N2C(=O)CSC2NC(=S)N/N=C/Cc2cccc(-c3ncn(-c4ccc(OC(F)(F)F)cc4)n3)c2)c1. The highest BCUT2D eigenvalue weighted by atomic mass is 32.2. The van der Waals surface area contributed by atoms with Crippen LogP contribution in [0.15, 0.2) is 78.2 Å². The van der Waals surface area contributed by atoms with Gasteiger partial charge in [0, 0.05) is 18.2 Å². The highest BCUT2D eigenvalue weighted by Crippen LogP contribution is 2.35. The van der Waals surface area contributed by atoms with Crippen LogP contribution >= 0.6 is 24.0 Å². The van der Waals surface area contributed by atoms with Gasteiger partial charge in [-0.2, -0.15) is 5.10 Å². The van der Waals surface area contributed by atoms with Gasteiger partial charge in [0.2, 0.25) is 5.91 Å². The van der Waals surface area contributed by atoms with Crippen LogP contribution in [0.25, 0.3) is 17.1 Å². The second-order valence-corrected chi connectivity index (χ2v) is 12.0. The Kier molecular flexibility index (Phi) is 9.73. The molecule has 2 N–H and O–H groups in total. The van der Waals surface area contributed by atoms with Crippen molar-refractivity contribution in [1.82, 2.24) is 25.5 Å². The molecule has 5 rings (SSSR count). The van der Waals surface area contributed by atoms with Crippen molar-refractivity contribution in [2.24, 2.45) is 5.10 Å². The Morgan fingerprint density at radius 2 is 1.96 bits per heavy atom. The molecular weight excluding hydrogens is 624 g/mol. The number of aromatic nitrogens is 3. The van der Waals surface area contributed by atoms with Crippen molar-refractivity contribution >= 4 is 46.9 Å². The molecule has 1 fully saturated rings. The number of ether oxygens (including phenoxy) is 1. The second-order valence-electron chi connectivity index (χ2n) is 10.5. The Hall–Kier alpha value is -4.43. The first kappa shape index (κ1) is 32.0. The number of nitrogens with one attached hydrogen (secondary N) is 2. The number of hydrazone groups is 1. The first-order valence-corrected chi connectivity index (χ1v) is 15.4. The molecule has 3 aromatic carbocycles. The predicted octanol–water partition coefficient (Wildman–Crippen LogP) is 6.32. The lowest BCUT2D eigenvalue weighted by Crippen LogP contribution is -2.47. The summed E-state index contributed by atoms with van der Waals surface area (Å²) in [6.07, 6.45) is -1.09. The van der Waals surface area contributed by atoms with Gasteiger partial charge in [-0.25, -0.2) is 9.67 Å². The van der Waals surface area contributed by atoms with Crippen LogP contribution in [0, 0.1) is 6.92 Å². The van der Waals surface area contributed by atoms with Crippen LogP contribution in [0.1, 0.15) is 36.5 Å². The smallest absolute Gasteiger partial charge is 0.406 e. The van der Waals surface area contributed by atoms with Crippen molar-refractivity contribution in [2.45, 2.75) is 45.0 Å². The Morgan fingerprint density at radius 3 is 2.69 bits per heavy atom. The van der Waals surface area contributed by atoms with Crippen LogP contribution in [-0.4, -0.2) is 49.6 Å². The van der Waals surface area contributed by atoms with Crippen molar-refractivity contribution in [3.8, 4) is 22.8 Å². The lowest BCUT2D eigenvalue weighted by molar-refractivity contribution is -0.274. The van der Waals surface area contributed by atoms with E-state index in [0.717, 1.165) is 27.9 Å². The quantitative estimate of drug-likeness (QED) is 0.123. The first-order valence-electron chi connectivity index (χ1n) is 14.0. The lowest BCUT2D eigenvalue weighted by atomic mass is 9.98. The summed E-state index contributed by atoms with van der Waals surface area (Å²) in [5.41, 5.74) is 7.78. The van der Waals surface area contributed by atoms with Gasteiger partial charge in [-0.1, -0.05) is 44.2 Å². The van der Waals surface area contributed by atoms with Gasteiger partial charge in [0.25, 0.3) is 0 Å². The van der Waals surface area contributed by atoms with Crippen LogP contribution in [0.5, 0.6) is 5.75 Å². The summed E-state index contributed by atoms with van der Waals surface area (Å²) in [6.45, 7) is 6.21. The Bertz CT molecular complexity index is 1710. The fourth-order valence-electron chi connectivity index (χ4n) is 4.70. The second kappa shape index (κ2) is 13.7. The Labute approximate surface area is 267 Å². The fraction of sp³-hybridized carbons (Fsp3) is 0.258. The van der Waals surface area contributed by atoms with Gasteiger partial charge < -0.3 is 10.1 Å². The lowest BCUT2D eigenvalue weighted by Gasteiger charge is -2.28. The molecule has 1 saturated heterocycles. The minimum atomic E-state index is -4.76. The number of carbonyl (C=O) groups excluding carboxylic acids is 1. The van der Waals surface area contributed by atoms with Crippen LogP contribution in [-0.2, 0) is 11.2 Å². The van der Waals surface area contributed by atoms with Crippen LogP contribution in [0.4, 0.5) is 18.9 Å². The molecule has 14 heteroatoms. The standard InChI is InChI=1S/C31H30F3N7O2S2/c1-19(2)25-12-7-20(3)15-26(25)41-27(42)17-45-30(41)37-29(44)38-36-14-13-21-5-4-6-22(16-21)28-35-18-40(39-28)23-8-10-24(11-9-23)43-31(32,33)34/h4-12,14-16,18-19,30H,13,17H2,1-3H3,(H2,37,38,44)/b36-14+. The number of anilines is 1. The highest BCUT2D eigenvalue weighted by Gasteiger charge is 2.35. The largest absolute Gasteiger partial charge is 0.573 e. The summed E-state index contributed by atoms with van der Waals surface area (Å²) >= 11 is 6.94. The van der Waals surface area contributed by atoms with Crippen molar-refractivity contribution in [3.05, 3.63) is 89.7 Å². The molecule has 1 aliphatic heterocycles. The summed E-state index contributed by atoms with van der Waals surface area (Å²) in [5, 5.41) is 12.2. The molecule has 9 nitrogen and oxygen atoms in total. The minimum absolute atomic E-state index is 0.0175. The summed E-state index contributed by atoms with van der Waals surface area (Å²) in [5.74, 6) is 0.756. The molecule has 1 amide bonds. The molecule has 4 aromatic rings. The maximum Gasteiger partial charge on any atom is 0.573 e. The maximum atomic E-state index is 12.9. The molecule has 2 heterocycles. The van der Waals surface area contributed by atoms with E-state index in [2.05, 4.69) is 56.6 Å². The van der Waals surface area contributed by atoms with E-state index < -0.39 is 6.36 Å². The molecule has 0 saturated carbocycles. The third-order valence-corrected chi connectivity index (χ3v) is 8.05. The van der Waals surface area contributed by atoms with E-state index in [-0.39, 0.29) is 23.1 Å². The highest BCUT2D eigenvalue weighted by molar-refractivity contribution is 8.01.